The molecule has 0 spiro atoms. The highest BCUT2D eigenvalue weighted by Crippen LogP contribution is 2.02. The number of carbonyl (C=O) groups is 2. The number of amides is 1. The Bertz CT molecular complexity index is 676. The Morgan fingerprint density at radius 1 is 1.14 bits per heavy atom. The van der Waals surface area contributed by atoms with Gasteiger partial charge in [-0.25, -0.2) is 5.43 Å². The monoisotopic (exact) mass is 282 g/mol. The molecule has 2 aromatic rings. The molecule has 0 unspecified atom stereocenters. The molecule has 0 radical (unpaired) electrons. The normalized spacial score (nSPS) is 10.5. The average molecular weight is 282 g/mol. The van der Waals surface area contributed by atoms with Crippen molar-refractivity contribution < 1.29 is 14.7 Å². The molecular weight excluding hydrogens is 270 g/mol. The molecule has 6 nitrogen and oxygen atoms in total. The molecule has 21 heavy (non-hydrogen) atoms. The fraction of sp³-hybridized carbons (Fsp3) is 0.0667. The number of pyridine rings is 1. The quantitative estimate of drug-likeness (QED) is 0.653. The topological polar surface area (TPSA) is 94.5 Å². The molecule has 0 saturated carbocycles. The first-order chi connectivity index (χ1) is 10.1. The maximum absolute atomic E-state index is 11.7. The van der Waals surface area contributed by atoms with Crippen LogP contribution in [0.5, 0.6) is 0 Å². The Morgan fingerprint density at radius 3 is 2.38 bits per heavy atom. The van der Waals surface area contributed by atoms with Crippen molar-refractivity contribution in [3.05, 3.63) is 65.0 Å². The van der Waals surface area contributed by atoms with Crippen molar-refractivity contribution in [3.63, 3.8) is 0 Å². The largest absolute Gasteiger partial charge is 0.545 e. The van der Waals surface area contributed by atoms with Crippen LogP contribution in [-0.4, -0.2) is 23.1 Å². The van der Waals surface area contributed by atoms with Crippen LogP contribution in [0.4, 0.5) is 0 Å². The molecular formula is C15H12N3O3-. The van der Waals surface area contributed by atoms with Crippen LogP contribution in [0.3, 0.4) is 0 Å². The molecule has 1 heterocycles. The molecule has 0 fully saturated rings. The van der Waals surface area contributed by atoms with Gasteiger partial charge in [0, 0.05) is 11.9 Å². The van der Waals surface area contributed by atoms with E-state index in [2.05, 4.69) is 15.5 Å². The summed E-state index contributed by atoms with van der Waals surface area (Å²) in [5.41, 5.74) is 4.34. The highest BCUT2D eigenvalue weighted by molar-refractivity contribution is 5.94. The molecule has 0 saturated heterocycles. The minimum Gasteiger partial charge on any atom is -0.545 e. The molecule has 0 bridgehead atoms. The third-order valence-corrected chi connectivity index (χ3v) is 2.70. The van der Waals surface area contributed by atoms with Gasteiger partial charge in [0.2, 0.25) is 0 Å². The van der Waals surface area contributed by atoms with E-state index in [-0.39, 0.29) is 11.5 Å². The van der Waals surface area contributed by atoms with Crippen LogP contribution in [0.25, 0.3) is 0 Å². The van der Waals surface area contributed by atoms with Gasteiger partial charge in [0.25, 0.3) is 5.91 Å². The van der Waals surface area contributed by atoms with Crippen LogP contribution in [0.2, 0.25) is 0 Å². The predicted molar refractivity (Wildman–Crippen MR) is 74.8 cm³/mol. The lowest BCUT2D eigenvalue weighted by Crippen LogP contribution is -2.22. The maximum Gasteiger partial charge on any atom is 0.272 e. The summed E-state index contributed by atoms with van der Waals surface area (Å²) in [5, 5.41) is 14.4. The highest BCUT2D eigenvalue weighted by Gasteiger charge is 2.03. The van der Waals surface area contributed by atoms with Gasteiger partial charge in [0.15, 0.2) is 0 Å². The van der Waals surface area contributed by atoms with E-state index in [9.17, 15) is 14.7 Å². The smallest absolute Gasteiger partial charge is 0.272 e. The van der Waals surface area contributed by atoms with Crippen LogP contribution < -0.4 is 10.5 Å². The second-order valence-electron chi connectivity index (χ2n) is 4.30. The van der Waals surface area contributed by atoms with E-state index in [0.29, 0.717) is 11.1 Å². The molecule has 0 atom stereocenters. The molecule has 0 aliphatic carbocycles. The molecule has 2 rings (SSSR count). The van der Waals surface area contributed by atoms with Crippen molar-refractivity contribution in [2.45, 2.75) is 6.92 Å². The Balaban J connectivity index is 1.97. The fourth-order valence-corrected chi connectivity index (χ4v) is 1.54. The van der Waals surface area contributed by atoms with Crippen molar-refractivity contribution in [2.24, 2.45) is 5.10 Å². The molecule has 1 aromatic carbocycles. The number of hydrogen-bond acceptors (Lipinski definition) is 5. The van der Waals surface area contributed by atoms with Gasteiger partial charge in [-0.05, 0) is 30.2 Å². The Hall–Kier alpha value is -3.02. The minimum absolute atomic E-state index is 0.0851. The lowest BCUT2D eigenvalue weighted by molar-refractivity contribution is -0.255. The summed E-state index contributed by atoms with van der Waals surface area (Å²) in [4.78, 5) is 26.3. The van der Waals surface area contributed by atoms with Crippen molar-refractivity contribution in [3.8, 4) is 0 Å². The maximum atomic E-state index is 11.7. The van der Waals surface area contributed by atoms with Crippen molar-refractivity contribution in [1.82, 2.24) is 10.4 Å². The number of rotatable bonds is 4. The zero-order valence-electron chi connectivity index (χ0n) is 11.2. The SMILES string of the molecule is Cc1ccc(C(=O)NN=Cc2ccc(C(=O)[O-])cc2)cn1. The second-order valence-corrected chi connectivity index (χ2v) is 4.30. The van der Waals surface area contributed by atoms with Crippen LogP contribution in [-0.2, 0) is 0 Å². The number of nitrogens with zero attached hydrogens (tertiary/aromatic N) is 2. The van der Waals surface area contributed by atoms with E-state index in [1.165, 1.54) is 24.5 Å². The molecule has 1 N–H and O–H groups in total. The van der Waals surface area contributed by atoms with Gasteiger partial charge >= 0.3 is 0 Å². The lowest BCUT2D eigenvalue weighted by Gasteiger charge is -2.02. The number of aryl methyl sites for hydroxylation is 1. The van der Waals surface area contributed by atoms with Gasteiger partial charge < -0.3 is 9.90 Å². The van der Waals surface area contributed by atoms with Crippen LogP contribution in [0, 0.1) is 6.92 Å². The lowest BCUT2D eigenvalue weighted by atomic mass is 10.1. The van der Waals surface area contributed by atoms with Gasteiger partial charge in [-0.1, -0.05) is 24.3 Å². The summed E-state index contributed by atoms with van der Waals surface area (Å²) >= 11 is 0. The van der Waals surface area contributed by atoms with Crippen LogP contribution in [0.15, 0.2) is 47.7 Å². The molecule has 1 amide bonds. The van der Waals surface area contributed by atoms with Gasteiger partial charge in [-0.2, -0.15) is 5.10 Å². The molecule has 0 aliphatic heterocycles. The summed E-state index contributed by atoms with van der Waals surface area (Å²) in [6.45, 7) is 1.83. The second kappa shape index (κ2) is 6.42. The highest BCUT2D eigenvalue weighted by atomic mass is 16.4. The number of carboxylic acid groups (broad SMARTS) is 1. The van der Waals surface area contributed by atoms with E-state index < -0.39 is 5.97 Å². The molecule has 1 aromatic heterocycles. The number of benzene rings is 1. The van der Waals surface area contributed by atoms with Gasteiger partial charge in [-0.15, -0.1) is 0 Å². The average Bonchev–Trinajstić information content (AvgIpc) is 2.48. The van der Waals surface area contributed by atoms with E-state index in [1.807, 2.05) is 6.92 Å². The zero-order chi connectivity index (χ0) is 15.2. The van der Waals surface area contributed by atoms with Crippen LogP contribution in [0.1, 0.15) is 32.0 Å². The molecule has 6 heteroatoms. The third kappa shape index (κ3) is 3.97. The summed E-state index contributed by atoms with van der Waals surface area (Å²) in [6.07, 6.45) is 2.88. The molecule has 0 aliphatic rings. The van der Waals surface area contributed by atoms with Crippen LogP contribution >= 0.6 is 0 Å². The van der Waals surface area contributed by atoms with Crippen molar-refractivity contribution in [1.29, 1.82) is 0 Å². The number of aromatic nitrogens is 1. The summed E-state index contributed by atoms with van der Waals surface area (Å²) in [6, 6.07) is 9.33. The van der Waals surface area contributed by atoms with E-state index in [0.717, 1.165) is 5.69 Å². The Morgan fingerprint density at radius 2 is 1.81 bits per heavy atom. The molecule has 106 valence electrons. The van der Waals surface area contributed by atoms with E-state index in [1.54, 1.807) is 24.3 Å². The standard InChI is InChI=1S/C15H13N3O3/c1-10-2-5-13(9-16-10)14(19)18-17-8-11-3-6-12(7-4-11)15(20)21/h2-9H,1H3,(H,18,19)(H,20,21)/p-1. The zero-order valence-corrected chi connectivity index (χ0v) is 11.2. The number of carboxylic acids is 1. The number of nitrogens with one attached hydrogen (secondary N) is 1. The number of aromatic carboxylic acids is 1. The minimum atomic E-state index is -1.24. The Kier molecular flexibility index (Phi) is 4.40. The van der Waals surface area contributed by atoms with E-state index >= 15 is 0 Å². The summed E-state index contributed by atoms with van der Waals surface area (Å²) in [7, 11) is 0. The Labute approximate surface area is 121 Å². The number of carbonyl (C=O) groups excluding carboxylic acids is 2. The van der Waals surface area contributed by atoms with Gasteiger partial charge in [0.1, 0.15) is 0 Å². The van der Waals surface area contributed by atoms with E-state index in [4.69, 9.17) is 0 Å². The summed E-state index contributed by atoms with van der Waals surface area (Å²) < 4.78 is 0. The van der Waals surface area contributed by atoms with Crippen molar-refractivity contribution >= 4 is 18.1 Å². The predicted octanol–water partition coefficient (Wildman–Crippen LogP) is 0.517. The third-order valence-electron chi connectivity index (χ3n) is 2.70. The first-order valence-corrected chi connectivity index (χ1v) is 6.14. The first kappa shape index (κ1) is 14.4. The number of hydrazone groups is 1. The summed E-state index contributed by atoms with van der Waals surface area (Å²) in [5.74, 6) is -1.61. The van der Waals surface area contributed by atoms with Crippen molar-refractivity contribution in [2.75, 3.05) is 0 Å². The fourth-order valence-electron chi connectivity index (χ4n) is 1.54. The van der Waals surface area contributed by atoms with Gasteiger partial charge in [-0.3, -0.25) is 9.78 Å². The number of hydrogen-bond donors (Lipinski definition) is 1. The first-order valence-electron chi connectivity index (χ1n) is 6.14. The van der Waals surface area contributed by atoms with Gasteiger partial charge in [0.05, 0.1) is 17.7 Å².